The van der Waals surface area contributed by atoms with Gasteiger partial charge in [-0.15, -0.1) is 0 Å². The highest BCUT2D eigenvalue weighted by molar-refractivity contribution is 5.37. The topological polar surface area (TPSA) is 0 Å². The largest absolute Gasteiger partial charge is 0.0993 e. The van der Waals surface area contributed by atoms with Gasteiger partial charge in [0.1, 0.15) is 0 Å². The molecule has 23 heavy (non-hydrogen) atoms. The van der Waals surface area contributed by atoms with Crippen LogP contribution in [0.4, 0.5) is 0 Å². The fourth-order valence-corrected chi connectivity index (χ4v) is 4.63. The molecule has 1 saturated carbocycles. The van der Waals surface area contributed by atoms with E-state index < -0.39 is 0 Å². The van der Waals surface area contributed by atoms with E-state index in [1.54, 1.807) is 0 Å². The lowest BCUT2D eigenvalue weighted by Crippen LogP contribution is -2.30. The summed E-state index contributed by atoms with van der Waals surface area (Å²) < 4.78 is 0. The van der Waals surface area contributed by atoms with Crippen molar-refractivity contribution in [1.82, 2.24) is 0 Å². The zero-order valence-electron chi connectivity index (χ0n) is 15.6. The van der Waals surface area contributed by atoms with E-state index in [4.69, 9.17) is 0 Å². The molecule has 0 N–H and O–H groups in total. The first kappa shape index (κ1) is 18.0. The summed E-state index contributed by atoms with van der Waals surface area (Å²) in [6.45, 7) is 17.7. The third-order valence-corrected chi connectivity index (χ3v) is 6.46. The molecule has 0 aromatic carbocycles. The Morgan fingerprint density at radius 1 is 1.39 bits per heavy atom. The van der Waals surface area contributed by atoms with Crippen molar-refractivity contribution in [2.24, 2.45) is 23.2 Å². The maximum Gasteiger partial charge on any atom is -0.00165 e. The molecule has 1 fully saturated rings. The minimum atomic E-state index is 0.325. The summed E-state index contributed by atoms with van der Waals surface area (Å²) in [5.41, 5.74) is 4.41. The average Bonchev–Trinajstić information content (AvgIpc) is 2.82. The first-order valence-corrected chi connectivity index (χ1v) is 9.27. The van der Waals surface area contributed by atoms with Crippen molar-refractivity contribution >= 4 is 0 Å². The predicted molar refractivity (Wildman–Crippen MR) is 103 cm³/mol. The summed E-state index contributed by atoms with van der Waals surface area (Å²) in [6.07, 6.45) is 17.6. The van der Waals surface area contributed by atoms with Crippen LogP contribution in [-0.4, -0.2) is 0 Å². The van der Waals surface area contributed by atoms with Gasteiger partial charge in [-0.05, 0) is 74.7 Å². The summed E-state index contributed by atoms with van der Waals surface area (Å²) in [5.74, 6) is 2.08. The minimum Gasteiger partial charge on any atom is -0.0993 e. The second kappa shape index (κ2) is 7.51. The van der Waals surface area contributed by atoms with Gasteiger partial charge in [-0.2, -0.15) is 0 Å². The van der Waals surface area contributed by atoms with Crippen molar-refractivity contribution in [2.75, 3.05) is 0 Å². The van der Waals surface area contributed by atoms with Gasteiger partial charge in [0.25, 0.3) is 0 Å². The normalized spacial score (nSPS) is 32.6. The summed E-state index contributed by atoms with van der Waals surface area (Å²) >= 11 is 0. The fourth-order valence-electron chi connectivity index (χ4n) is 4.63. The fraction of sp³-hybridized carbons (Fsp3) is 0.565. The van der Waals surface area contributed by atoms with Gasteiger partial charge in [0.05, 0.1) is 0 Å². The average molecular weight is 311 g/mol. The van der Waals surface area contributed by atoms with Crippen LogP contribution in [0.5, 0.6) is 0 Å². The van der Waals surface area contributed by atoms with Crippen molar-refractivity contribution in [2.45, 2.75) is 59.8 Å². The second-order valence-corrected chi connectivity index (χ2v) is 7.75. The van der Waals surface area contributed by atoms with Crippen LogP contribution in [0.2, 0.25) is 0 Å². The highest BCUT2D eigenvalue weighted by atomic mass is 14.5. The monoisotopic (exact) mass is 310 g/mol. The molecular formula is C23H34. The third-order valence-electron chi connectivity index (χ3n) is 6.46. The zero-order valence-corrected chi connectivity index (χ0v) is 15.6. The second-order valence-electron chi connectivity index (χ2n) is 7.75. The highest BCUT2D eigenvalue weighted by Gasteiger charge is 2.44. The summed E-state index contributed by atoms with van der Waals surface area (Å²) in [6, 6.07) is 0. The van der Waals surface area contributed by atoms with Crippen molar-refractivity contribution < 1.29 is 0 Å². The molecule has 0 heteroatoms. The van der Waals surface area contributed by atoms with E-state index in [1.807, 2.05) is 0 Å². The molecule has 0 amide bonds. The van der Waals surface area contributed by atoms with Gasteiger partial charge in [0.15, 0.2) is 0 Å². The minimum absolute atomic E-state index is 0.325. The van der Waals surface area contributed by atoms with Crippen molar-refractivity contribution in [3.8, 4) is 0 Å². The zero-order chi connectivity index (χ0) is 17.0. The molecule has 4 atom stereocenters. The first-order chi connectivity index (χ1) is 10.9. The van der Waals surface area contributed by atoms with Gasteiger partial charge in [0, 0.05) is 0 Å². The molecule has 4 unspecified atom stereocenters. The Labute approximate surface area is 143 Å². The van der Waals surface area contributed by atoms with Gasteiger partial charge >= 0.3 is 0 Å². The molecule has 0 spiro atoms. The quantitative estimate of drug-likeness (QED) is 0.462. The Kier molecular flexibility index (Phi) is 5.89. The van der Waals surface area contributed by atoms with Gasteiger partial charge in [0.2, 0.25) is 0 Å². The summed E-state index contributed by atoms with van der Waals surface area (Å²) in [5, 5.41) is 0. The molecule has 0 aliphatic heterocycles. The molecule has 0 radical (unpaired) electrons. The Hall–Kier alpha value is -1.30. The summed E-state index contributed by atoms with van der Waals surface area (Å²) in [7, 11) is 0. The lowest BCUT2D eigenvalue weighted by Gasteiger charge is -2.38. The van der Waals surface area contributed by atoms with Crippen LogP contribution in [0.25, 0.3) is 0 Å². The van der Waals surface area contributed by atoms with E-state index in [9.17, 15) is 0 Å². The van der Waals surface area contributed by atoms with Crippen LogP contribution >= 0.6 is 0 Å². The molecule has 0 bridgehead atoms. The maximum atomic E-state index is 4.41. The number of hydrogen-bond acceptors (Lipinski definition) is 0. The van der Waals surface area contributed by atoms with Crippen LogP contribution in [0.3, 0.4) is 0 Å². The Morgan fingerprint density at radius 2 is 2.13 bits per heavy atom. The molecule has 0 nitrogen and oxygen atoms in total. The third kappa shape index (κ3) is 3.79. The van der Waals surface area contributed by atoms with E-state index in [1.165, 1.54) is 43.3 Å². The van der Waals surface area contributed by atoms with Crippen LogP contribution in [-0.2, 0) is 0 Å². The van der Waals surface area contributed by atoms with E-state index in [0.29, 0.717) is 11.3 Å². The molecule has 0 saturated heterocycles. The Morgan fingerprint density at radius 3 is 2.74 bits per heavy atom. The first-order valence-electron chi connectivity index (χ1n) is 9.27. The maximum absolute atomic E-state index is 4.41. The lowest BCUT2D eigenvalue weighted by molar-refractivity contribution is 0.165. The van der Waals surface area contributed by atoms with Crippen molar-refractivity contribution in [3.63, 3.8) is 0 Å². The molecule has 2 aliphatic rings. The predicted octanol–water partition coefficient (Wildman–Crippen LogP) is 7.03. The van der Waals surface area contributed by atoms with E-state index >= 15 is 0 Å². The van der Waals surface area contributed by atoms with Crippen LogP contribution < -0.4 is 0 Å². The number of hydrogen-bond donors (Lipinski definition) is 0. The molecule has 126 valence electrons. The summed E-state index contributed by atoms with van der Waals surface area (Å²) in [4.78, 5) is 0. The molecule has 0 aromatic heterocycles. The van der Waals surface area contributed by atoms with E-state index in [0.717, 1.165) is 17.4 Å². The highest BCUT2D eigenvalue weighted by Crippen LogP contribution is 2.54. The molecule has 0 heterocycles. The van der Waals surface area contributed by atoms with Crippen LogP contribution in [0.1, 0.15) is 59.8 Å². The van der Waals surface area contributed by atoms with Gasteiger partial charge in [-0.1, -0.05) is 68.5 Å². The smallest absolute Gasteiger partial charge is 0.00165 e. The molecule has 2 aliphatic carbocycles. The lowest BCUT2D eigenvalue weighted by atomic mass is 9.66. The van der Waals surface area contributed by atoms with E-state index in [-0.39, 0.29) is 0 Å². The molecule has 0 aromatic rings. The van der Waals surface area contributed by atoms with Gasteiger partial charge in [-0.25, -0.2) is 0 Å². The van der Waals surface area contributed by atoms with Gasteiger partial charge < -0.3 is 0 Å². The van der Waals surface area contributed by atoms with Crippen molar-refractivity contribution in [3.05, 3.63) is 60.3 Å². The van der Waals surface area contributed by atoms with Crippen LogP contribution in [0.15, 0.2) is 60.3 Å². The Bertz CT molecular complexity index is 542. The number of rotatable bonds is 6. The van der Waals surface area contributed by atoms with Crippen molar-refractivity contribution in [1.29, 1.82) is 0 Å². The Balaban J connectivity index is 2.21. The molecular weight excluding hydrogens is 276 g/mol. The van der Waals surface area contributed by atoms with Gasteiger partial charge in [-0.3, -0.25) is 0 Å². The molecule has 2 rings (SSSR count). The van der Waals surface area contributed by atoms with E-state index in [2.05, 4.69) is 71.2 Å². The number of allylic oxidation sites excluding steroid dienone is 8. The SMILES string of the molecule is C=C1C=CC(CC(C/C=C\C)C2CCC(=C)C2(C)CC)C(C)=C1. The van der Waals surface area contributed by atoms with Crippen LogP contribution in [0, 0.1) is 23.2 Å². The standard InChI is InChI=1S/C23H34/c1-7-9-10-21(16-20-13-11-17(3)15-18(20)4)22-14-12-19(5)23(22,6)8-2/h7,9,11,13,15,20-22H,3,5,8,10,12,14,16H2,1-2,4,6H3/b9-7-.